The lowest BCUT2D eigenvalue weighted by Gasteiger charge is -2.04. The van der Waals surface area contributed by atoms with Gasteiger partial charge in [-0.25, -0.2) is 0 Å². The van der Waals surface area contributed by atoms with Gasteiger partial charge in [-0.15, -0.1) is 0 Å². The van der Waals surface area contributed by atoms with E-state index in [2.05, 4.69) is 22.0 Å². The van der Waals surface area contributed by atoms with Gasteiger partial charge in [0, 0.05) is 9.86 Å². The number of nitrogens with zero attached hydrogens (tertiary/aromatic N) is 2. The number of hydrogen-bond acceptors (Lipinski definition) is 2. The van der Waals surface area contributed by atoms with Crippen molar-refractivity contribution in [2.75, 3.05) is 0 Å². The van der Waals surface area contributed by atoms with Gasteiger partial charge >= 0.3 is 0 Å². The first-order valence-corrected chi connectivity index (χ1v) is 5.08. The zero-order valence-corrected chi connectivity index (χ0v) is 9.25. The molecule has 0 heterocycles. The van der Waals surface area contributed by atoms with E-state index in [0.717, 1.165) is 15.2 Å². The molecular weight excluding hydrogens is 252 g/mol. The fraction of sp³-hybridized carbons (Fsp3) is 0. The fourth-order valence-electron chi connectivity index (χ4n) is 1.54. The number of benzene rings is 2. The van der Waals surface area contributed by atoms with E-state index in [9.17, 15) is 0 Å². The highest BCUT2D eigenvalue weighted by Crippen LogP contribution is 2.29. The van der Waals surface area contributed by atoms with Gasteiger partial charge in [0.2, 0.25) is 0 Å². The van der Waals surface area contributed by atoms with Crippen LogP contribution in [0.4, 0.5) is 0 Å². The highest BCUT2D eigenvalue weighted by molar-refractivity contribution is 9.10. The van der Waals surface area contributed by atoms with Gasteiger partial charge in [-0.3, -0.25) is 0 Å². The average Bonchev–Trinajstić information content (AvgIpc) is 2.29. The largest absolute Gasteiger partial charge is 0.192 e. The Labute approximate surface area is 95.5 Å². The third-order valence-electron chi connectivity index (χ3n) is 2.23. The molecule has 0 amide bonds. The van der Waals surface area contributed by atoms with Gasteiger partial charge in [0.1, 0.15) is 12.1 Å². The molecule has 2 aromatic carbocycles. The van der Waals surface area contributed by atoms with E-state index in [0.29, 0.717) is 11.1 Å². The molecule has 0 spiro atoms. The minimum Gasteiger partial charge on any atom is -0.192 e. The van der Waals surface area contributed by atoms with E-state index in [1.165, 1.54) is 0 Å². The highest BCUT2D eigenvalue weighted by Gasteiger charge is 2.09. The van der Waals surface area contributed by atoms with Crippen LogP contribution >= 0.6 is 15.9 Å². The summed E-state index contributed by atoms with van der Waals surface area (Å²) in [6, 6.07) is 13.3. The number of rotatable bonds is 0. The summed E-state index contributed by atoms with van der Waals surface area (Å²) in [6.07, 6.45) is 0. The summed E-state index contributed by atoms with van der Waals surface area (Å²) in [4.78, 5) is 0. The van der Waals surface area contributed by atoms with Gasteiger partial charge in [0.05, 0.1) is 11.1 Å². The van der Waals surface area contributed by atoms with E-state index in [4.69, 9.17) is 10.5 Å². The van der Waals surface area contributed by atoms with Gasteiger partial charge < -0.3 is 0 Å². The predicted molar refractivity (Wildman–Crippen MR) is 61.1 cm³/mol. The Balaban J connectivity index is 3.02. The number of hydrogen-bond donors (Lipinski definition) is 0. The molecule has 2 rings (SSSR count). The number of nitriles is 2. The van der Waals surface area contributed by atoms with Crippen molar-refractivity contribution in [1.29, 1.82) is 10.5 Å². The van der Waals surface area contributed by atoms with Crippen LogP contribution in [0.1, 0.15) is 11.1 Å². The summed E-state index contributed by atoms with van der Waals surface area (Å²) >= 11 is 3.39. The molecule has 0 aliphatic heterocycles. The molecule has 0 aliphatic carbocycles. The summed E-state index contributed by atoms with van der Waals surface area (Å²) in [7, 11) is 0. The van der Waals surface area contributed by atoms with Crippen molar-refractivity contribution in [2.45, 2.75) is 0 Å². The monoisotopic (exact) mass is 256 g/mol. The van der Waals surface area contributed by atoms with Gasteiger partial charge in [-0.05, 0) is 11.5 Å². The van der Waals surface area contributed by atoms with E-state index >= 15 is 0 Å². The van der Waals surface area contributed by atoms with Crippen molar-refractivity contribution >= 4 is 26.7 Å². The molecule has 70 valence electrons. The van der Waals surface area contributed by atoms with E-state index < -0.39 is 0 Å². The predicted octanol–water partition coefficient (Wildman–Crippen LogP) is 3.35. The van der Waals surface area contributed by atoms with Crippen LogP contribution in [0, 0.1) is 22.7 Å². The Morgan fingerprint density at radius 3 is 2.27 bits per heavy atom. The second kappa shape index (κ2) is 3.73. The molecular formula is C12H5BrN2. The molecule has 0 atom stereocenters. The quantitative estimate of drug-likeness (QED) is 0.726. The summed E-state index contributed by atoms with van der Waals surface area (Å²) in [6.45, 7) is 0. The molecule has 0 unspecified atom stereocenters. The van der Waals surface area contributed by atoms with Crippen molar-refractivity contribution in [3.63, 3.8) is 0 Å². The molecule has 2 aromatic rings. The molecule has 15 heavy (non-hydrogen) atoms. The van der Waals surface area contributed by atoms with Crippen molar-refractivity contribution in [3.8, 4) is 12.1 Å². The third-order valence-corrected chi connectivity index (χ3v) is 2.88. The average molecular weight is 257 g/mol. The van der Waals surface area contributed by atoms with Gasteiger partial charge in [-0.1, -0.05) is 40.2 Å². The Kier molecular flexibility index (Phi) is 2.41. The van der Waals surface area contributed by atoms with Crippen LogP contribution in [0.2, 0.25) is 0 Å². The molecule has 0 saturated carbocycles. The Bertz CT molecular complexity index is 618. The maximum atomic E-state index is 9.02. The fourth-order valence-corrected chi connectivity index (χ4v) is 2.11. The topological polar surface area (TPSA) is 47.6 Å². The zero-order valence-electron chi connectivity index (χ0n) is 7.66. The first-order valence-electron chi connectivity index (χ1n) is 4.29. The normalized spacial score (nSPS) is 9.53. The van der Waals surface area contributed by atoms with Gasteiger partial charge in [0.25, 0.3) is 0 Å². The molecule has 0 saturated heterocycles. The van der Waals surface area contributed by atoms with E-state index in [1.807, 2.05) is 30.3 Å². The summed E-state index contributed by atoms with van der Waals surface area (Å²) in [5, 5.41) is 19.7. The van der Waals surface area contributed by atoms with Crippen LogP contribution in [0.5, 0.6) is 0 Å². The van der Waals surface area contributed by atoms with Crippen LogP contribution < -0.4 is 0 Å². The minimum atomic E-state index is 0.406. The summed E-state index contributed by atoms with van der Waals surface area (Å²) < 4.78 is 0.841. The van der Waals surface area contributed by atoms with Crippen molar-refractivity contribution < 1.29 is 0 Å². The molecule has 2 nitrogen and oxygen atoms in total. The molecule has 0 N–H and O–H groups in total. The van der Waals surface area contributed by atoms with Crippen LogP contribution in [-0.2, 0) is 0 Å². The van der Waals surface area contributed by atoms with E-state index in [-0.39, 0.29) is 0 Å². The first kappa shape index (κ1) is 9.71. The van der Waals surface area contributed by atoms with Gasteiger partial charge in [-0.2, -0.15) is 10.5 Å². The van der Waals surface area contributed by atoms with Crippen LogP contribution in [0.15, 0.2) is 34.8 Å². The Hall–Kier alpha value is -1.84. The van der Waals surface area contributed by atoms with E-state index in [1.54, 1.807) is 6.07 Å². The molecule has 0 fully saturated rings. The maximum Gasteiger partial charge on any atom is 0.101 e. The van der Waals surface area contributed by atoms with Crippen molar-refractivity contribution in [2.24, 2.45) is 0 Å². The van der Waals surface area contributed by atoms with Crippen molar-refractivity contribution in [3.05, 3.63) is 45.9 Å². The number of halogens is 1. The lowest BCUT2D eigenvalue weighted by atomic mass is 10.0. The smallest absolute Gasteiger partial charge is 0.101 e. The molecule has 0 aromatic heterocycles. The highest BCUT2D eigenvalue weighted by atomic mass is 79.9. The minimum absolute atomic E-state index is 0.406. The summed E-state index contributed by atoms with van der Waals surface area (Å²) in [5.41, 5.74) is 0.847. The molecule has 0 radical (unpaired) electrons. The molecule has 0 bridgehead atoms. The zero-order chi connectivity index (χ0) is 10.8. The molecule has 3 heteroatoms. The first-order chi connectivity index (χ1) is 7.27. The van der Waals surface area contributed by atoms with Crippen LogP contribution in [0.3, 0.4) is 0 Å². The van der Waals surface area contributed by atoms with Crippen LogP contribution in [0.25, 0.3) is 10.8 Å². The molecule has 0 aliphatic rings. The van der Waals surface area contributed by atoms with Gasteiger partial charge in [0.15, 0.2) is 0 Å². The lowest BCUT2D eigenvalue weighted by Crippen LogP contribution is -1.87. The van der Waals surface area contributed by atoms with Crippen molar-refractivity contribution in [1.82, 2.24) is 0 Å². The standard InChI is InChI=1S/C12H5BrN2/c13-12-5-8(6-14)11(7-15)9-3-1-2-4-10(9)12/h1-5H. The summed E-state index contributed by atoms with van der Waals surface area (Å²) in [5.74, 6) is 0. The lowest BCUT2D eigenvalue weighted by molar-refractivity contribution is 1.45. The maximum absolute atomic E-state index is 9.02. The SMILES string of the molecule is N#Cc1cc(Br)c2ccccc2c1C#N. The second-order valence-corrected chi connectivity index (χ2v) is 3.90. The Morgan fingerprint density at radius 2 is 1.67 bits per heavy atom. The van der Waals surface area contributed by atoms with Crippen LogP contribution in [-0.4, -0.2) is 0 Å². The number of fused-ring (bicyclic) bond motifs is 1. The second-order valence-electron chi connectivity index (χ2n) is 3.05. The third kappa shape index (κ3) is 1.48. The Morgan fingerprint density at radius 1 is 1.00 bits per heavy atom.